The van der Waals surface area contributed by atoms with Gasteiger partial charge < -0.3 is 0 Å². The smallest absolute Gasteiger partial charge is 0.257 e. The Morgan fingerprint density at radius 3 is 2.25 bits per heavy atom. The van der Waals surface area contributed by atoms with Gasteiger partial charge in [0.15, 0.2) is 6.61 Å². The zero-order valence-corrected chi connectivity index (χ0v) is 8.48. The summed E-state index contributed by atoms with van der Waals surface area (Å²) in [6, 6.07) is 4.01. The molecular weight excluding hydrogens is 252 g/mol. The third kappa shape index (κ3) is 3.46. The van der Waals surface area contributed by atoms with Crippen LogP contribution < -0.4 is 0 Å². The molecular formula is C8H6F4O3S. The first-order valence-corrected chi connectivity index (χ1v) is 5.34. The molecule has 0 saturated carbocycles. The summed E-state index contributed by atoms with van der Waals surface area (Å²) in [6.07, 6.45) is -4.79. The Labute approximate surface area is 88.8 Å². The van der Waals surface area contributed by atoms with E-state index in [9.17, 15) is 26.0 Å². The fourth-order valence-electron chi connectivity index (χ4n) is 0.855. The molecule has 16 heavy (non-hydrogen) atoms. The summed E-state index contributed by atoms with van der Waals surface area (Å²) in [4.78, 5) is -0.917. The maximum absolute atomic E-state index is 13.0. The zero-order valence-electron chi connectivity index (χ0n) is 7.66. The van der Waals surface area contributed by atoms with Crippen molar-refractivity contribution in [2.45, 2.75) is 11.1 Å². The van der Waals surface area contributed by atoms with Gasteiger partial charge in [-0.3, -0.25) is 4.18 Å². The van der Waals surface area contributed by atoms with Crippen LogP contribution in [0.4, 0.5) is 17.6 Å². The van der Waals surface area contributed by atoms with Crippen LogP contribution >= 0.6 is 0 Å². The van der Waals surface area contributed by atoms with E-state index in [1.165, 1.54) is 12.1 Å². The van der Waals surface area contributed by atoms with Crippen molar-refractivity contribution in [2.75, 3.05) is 6.61 Å². The van der Waals surface area contributed by atoms with E-state index in [-0.39, 0.29) is 0 Å². The number of hydrogen-bond acceptors (Lipinski definition) is 3. The van der Waals surface area contributed by atoms with Crippen LogP contribution in [0.1, 0.15) is 0 Å². The van der Waals surface area contributed by atoms with E-state index in [4.69, 9.17) is 0 Å². The van der Waals surface area contributed by atoms with Gasteiger partial charge in [-0.25, -0.2) is 4.39 Å². The molecule has 0 aromatic heterocycles. The maximum atomic E-state index is 13.0. The molecule has 3 nitrogen and oxygen atoms in total. The minimum Gasteiger partial charge on any atom is -0.257 e. The third-order valence-electron chi connectivity index (χ3n) is 1.48. The maximum Gasteiger partial charge on any atom is 0.413 e. The predicted molar refractivity (Wildman–Crippen MR) is 45.6 cm³/mol. The van der Waals surface area contributed by atoms with Crippen molar-refractivity contribution in [3.8, 4) is 0 Å². The average molecular weight is 258 g/mol. The van der Waals surface area contributed by atoms with Gasteiger partial charge in [-0.1, -0.05) is 12.1 Å². The van der Waals surface area contributed by atoms with Crippen LogP contribution in [0.25, 0.3) is 0 Å². The van der Waals surface area contributed by atoms with Crippen LogP contribution in [0.3, 0.4) is 0 Å². The lowest BCUT2D eigenvalue weighted by molar-refractivity contribution is -0.152. The molecule has 1 rings (SSSR count). The van der Waals surface area contributed by atoms with Crippen molar-refractivity contribution in [3.63, 3.8) is 0 Å². The molecule has 1 aromatic carbocycles. The van der Waals surface area contributed by atoms with Gasteiger partial charge in [0.25, 0.3) is 10.1 Å². The van der Waals surface area contributed by atoms with E-state index in [0.29, 0.717) is 0 Å². The lowest BCUT2D eigenvalue weighted by Crippen LogP contribution is -2.21. The number of halogens is 4. The van der Waals surface area contributed by atoms with Crippen molar-refractivity contribution in [3.05, 3.63) is 30.1 Å². The van der Waals surface area contributed by atoms with Crippen LogP contribution in [0.2, 0.25) is 0 Å². The molecule has 90 valence electrons. The largest absolute Gasteiger partial charge is 0.413 e. The molecule has 0 fully saturated rings. The van der Waals surface area contributed by atoms with E-state index < -0.39 is 33.6 Å². The van der Waals surface area contributed by atoms with E-state index in [1.54, 1.807) is 0 Å². The number of hydrogen-bond donors (Lipinski definition) is 0. The highest BCUT2D eigenvalue weighted by Crippen LogP contribution is 2.20. The molecule has 0 spiro atoms. The molecule has 8 heteroatoms. The van der Waals surface area contributed by atoms with Gasteiger partial charge in [-0.15, -0.1) is 0 Å². The van der Waals surface area contributed by atoms with Gasteiger partial charge in [0.05, 0.1) is 0 Å². The van der Waals surface area contributed by atoms with Gasteiger partial charge in [0.2, 0.25) is 0 Å². The number of rotatable bonds is 3. The van der Waals surface area contributed by atoms with Crippen LogP contribution in [0.15, 0.2) is 29.2 Å². The average Bonchev–Trinajstić information content (AvgIpc) is 2.14. The second kappa shape index (κ2) is 4.38. The number of benzene rings is 1. The quantitative estimate of drug-likeness (QED) is 0.616. The summed E-state index contributed by atoms with van der Waals surface area (Å²) in [7, 11) is -4.72. The molecule has 0 amide bonds. The van der Waals surface area contributed by atoms with Crippen LogP contribution in [-0.2, 0) is 14.3 Å². The van der Waals surface area contributed by atoms with Crippen molar-refractivity contribution in [1.82, 2.24) is 0 Å². The van der Waals surface area contributed by atoms with E-state index in [1.807, 2.05) is 0 Å². The normalized spacial score (nSPS) is 12.8. The minimum absolute atomic E-state index is 0.809. The second-order valence-electron chi connectivity index (χ2n) is 2.76. The molecule has 0 bridgehead atoms. The number of alkyl halides is 3. The molecule has 0 heterocycles. The molecule has 0 atom stereocenters. The van der Waals surface area contributed by atoms with Gasteiger partial charge in [-0.2, -0.15) is 21.6 Å². The molecule has 0 aliphatic rings. The molecule has 0 saturated heterocycles. The molecule has 0 radical (unpaired) electrons. The monoisotopic (exact) mass is 258 g/mol. The molecule has 1 aromatic rings. The highest BCUT2D eigenvalue weighted by molar-refractivity contribution is 7.86. The Balaban J connectivity index is 2.92. The second-order valence-corrected chi connectivity index (χ2v) is 4.35. The summed E-state index contributed by atoms with van der Waals surface area (Å²) in [5, 5.41) is 0. The lowest BCUT2D eigenvalue weighted by atomic mass is 10.4. The fourth-order valence-corrected chi connectivity index (χ4v) is 1.82. The molecule has 0 N–H and O–H groups in total. The fraction of sp³-hybridized carbons (Fsp3) is 0.250. The first-order valence-electron chi connectivity index (χ1n) is 3.93. The summed E-state index contributed by atoms with van der Waals surface area (Å²) < 4.78 is 74.1. The van der Waals surface area contributed by atoms with Crippen LogP contribution in [0, 0.1) is 5.82 Å². The summed E-state index contributed by atoms with van der Waals surface area (Å²) in [5.74, 6) is -1.16. The summed E-state index contributed by atoms with van der Waals surface area (Å²) in [5.41, 5.74) is 0. The van der Waals surface area contributed by atoms with E-state index in [0.717, 1.165) is 12.1 Å². The highest BCUT2D eigenvalue weighted by atomic mass is 32.2. The Morgan fingerprint density at radius 1 is 1.19 bits per heavy atom. The Morgan fingerprint density at radius 2 is 1.75 bits per heavy atom. The van der Waals surface area contributed by atoms with Gasteiger partial charge in [-0.05, 0) is 12.1 Å². The first kappa shape index (κ1) is 12.9. The predicted octanol–water partition coefficient (Wildman–Crippen LogP) is 2.09. The van der Waals surface area contributed by atoms with Crippen LogP contribution in [0.5, 0.6) is 0 Å². The van der Waals surface area contributed by atoms with Crippen molar-refractivity contribution in [2.24, 2.45) is 0 Å². The summed E-state index contributed by atoms with van der Waals surface area (Å²) in [6.45, 7) is -1.98. The molecule has 0 unspecified atom stereocenters. The van der Waals surface area contributed by atoms with Gasteiger partial charge in [0, 0.05) is 0 Å². The van der Waals surface area contributed by atoms with Crippen molar-refractivity contribution < 1.29 is 30.2 Å². The van der Waals surface area contributed by atoms with Crippen LogP contribution in [-0.4, -0.2) is 21.2 Å². The summed E-state index contributed by atoms with van der Waals surface area (Å²) >= 11 is 0. The van der Waals surface area contributed by atoms with Gasteiger partial charge >= 0.3 is 6.18 Å². The zero-order chi connectivity index (χ0) is 12.4. The topological polar surface area (TPSA) is 43.4 Å². The highest BCUT2D eigenvalue weighted by Gasteiger charge is 2.32. The first-order chi connectivity index (χ1) is 7.22. The van der Waals surface area contributed by atoms with E-state index >= 15 is 0 Å². The minimum atomic E-state index is -4.79. The van der Waals surface area contributed by atoms with Crippen molar-refractivity contribution in [1.29, 1.82) is 0 Å². The Bertz CT molecular complexity index is 466. The molecule has 0 aliphatic carbocycles. The lowest BCUT2D eigenvalue weighted by Gasteiger charge is -2.08. The Hall–Kier alpha value is -1.15. The Kier molecular flexibility index (Phi) is 3.54. The standard InChI is InChI=1S/C8H6F4O3S/c9-6-3-1-2-4-7(6)16(13,14)15-5-8(10,11)12/h1-4H,5H2. The van der Waals surface area contributed by atoms with Gasteiger partial charge in [0.1, 0.15) is 10.7 Å². The SMILES string of the molecule is O=S(=O)(OCC(F)(F)F)c1ccccc1F. The van der Waals surface area contributed by atoms with Crippen molar-refractivity contribution >= 4 is 10.1 Å². The molecule has 0 aliphatic heterocycles. The third-order valence-corrected chi connectivity index (χ3v) is 2.78. The van der Waals surface area contributed by atoms with E-state index in [2.05, 4.69) is 4.18 Å².